The molecule has 5 heteroatoms. The van der Waals surface area contributed by atoms with E-state index in [-0.39, 0.29) is 10.6 Å². The van der Waals surface area contributed by atoms with Gasteiger partial charge in [0.15, 0.2) is 0 Å². The van der Waals surface area contributed by atoms with Crippen molar-refractivity contribution < 1.29 is 14.6 Å². The number of halogens is 1. The van der Waals surface area contributed by atoms with E-state index in [0.29, 0.717) is 24.3 Å². The van der Waals surface area contributed by atoms with Gasteiger partial charge in [0.05, 0.1) is 12.2 Å². The van der Waals surface area contributed by atoms with Crippen LogP contribution in [-0.2, 0) is 0 Å². The van der Waals surface area contributed by atoms with Crippen LogP contribution in [0.3, 0.4) is 0 Å². The monoisotopic (exact) mass is 281 g/mol. The summed E-state index contributed by atoms with van der Waals surface area (Å²) in [4.78, 5) is 14.7. The molecule has 1 aliphatic carbocycles. The summed E-state index contributed by atoms with van der Waals surface area (Å²) < 4.78 is 5.61. The van der Waals surface area contributed by atoms with Crippen molar-refractivity contribution in [3.63, 3.8) is 0 Å². The summed E-state index contributed by atoms with van der Waals surface area (Å²) in [6.07, 6.45) is 7.66. The van der Waals surface area contributed by atoms with E-state index in [9.17, 15) is 4.79 Å². The predicted octanol–water partition coefficient (Wildman–Crippen LogP) is 3.41. The second-order valence-corrected chi connectivity index (χ2v) is 5.21. The Balaban J connectivity index is 1.99. The van der Waals surface area contributed by atoms with E-state index in [4.69, 9.17) is 21.4 Å². The molecule has 1 aromatic rings. The molecule has 2 unspecified atom stereocenters. The molecule has 0 bridgehead atoms. The van der Waals surface area contributed by atoms with Gasteiger partial charge in [0.25, 0.3) is 0 Å². The number of rotatable bonds is 4. The standard InChI is InChI=1S/C14H16ClNO3/c1-9-4-2-3-5-10(9)8-19-13-12(15)6-11(7-16-13)14(17)18/h2-3,6-7,9-10H,4-5,8H2,1H3,(H,17,18). The molecule has 0 aliphatic heterocycles. The fraction of sp³-hybridized carbons (Fsp3) is 0.429. The summed E-state index contributed by atoms with van der Waals surface area (Å²) in [5.41, 5.74) is 0.0614. The minimum absolute atomic E-state index is 0.0614. The number of hydrogen-bond acceptors (Lipinski definition) is 3. The van der Waals surface area contributed by atoms with Crippen LogP contribution in [0.25, 0.3) is 0 Å². The van der Waals surface area contributed by atoms with Gasteiger partial charge in [-0.05, 0) is 30.7 Å². The first-order valence-electron chi connectivity index (χ1n) is 6.24. The molecule has 4 nitrogen and oxygen atoms in total. The zero-order chi connectivity index (χ0) is 13.8. The highest BCUT2D eigenvalue weighted by molar-refractivity contribution is 6.32. The third-order valence-corrected chi connectivity index (χ3v) is 3.68. The largest absolute Gasteiger partial charge is 0.478 e. The van der Waals surface area contributed by atoms with Gasteiger partial charge in [-0.2, -0.15) is 0 Å². The van der Waals surface area contributed by atoms with Gasteiger partial charge in [-0.25, -0.2) is 9.78 Å². The lowest BCUT2D eigenvalue weighted by Crippen LogP contribution is -2.21. The van der Waals surface area contributed by atoms with Gasteiger partial charge in [-0.1, -0.05) is 30.7 Å². The third kappa shape index (κ3) is 3.47. The van der Waals surface area contributed by atoms with Crippen molar-refractivity contribution in [2.24, 2.45) is 11.8 Å². The van der Waals surface area contributed by atoms with Crippen molar-refractivity contribution in [1.29, 1.82) is 0 Å². The van der Waals surface area contributed by atoms with Gasteiger partial charge in [0.1, 0.15) is 5.02 Å². The minimum Gasteiger partial charge on any atom is -0.478 e. The lowest BCUT2D eigenvalue weighted by atomic mass is 9.85. The summed E-state index contributed by atoms with van der Waals surface area (Å²) in [5.74, 6) is 0.268. The van der Waals surface area contributed by atoms with E-state index in [1.54, 1.807) is 0 Å². The molecular formula is C14H16ClNO3. The first kappa shape index (κ1) is 13.9. The lowest BCUT2D eigenvalue weighted by molar-refractivity contribution is 0.0696. The highest BCUT2D eigenvalue weighted by Crippen LogP contribution is 2.28. The highest BCUT2D eigenvalue weighted by Gasteiger charge is 2.20. The number of aromatic nitrogens is 1. The Bertz CT molecular complexity index is 501. The Hall–Kier alpha value is -1.55. The van der Waals surface area contributed by atoms with Gasteiger partial charge < -0.3 is 9.84 Å². The van der Waals surface area contributed by atoms with Crippen LogP contribution >= 0.6 is 11.6 Å². The summed E-state index contributed by atoms with van der Waals surface area (Å²) >= 11 is 5.96. The maximum Gasteiger partial charge on any atom is 0.337 e. The Morgan fingerprint density at radius 1 is 1.53 bits per heavy atom. The van der Waals surface area contributed by atoms with Gasteiger partial charge in [-0.3, -0.25) is 0 Å². The van der Waals surface area contributed by atoms with Crippen LogP contribution in [0.2, 0.25) is 5.02 Å². The van der Waals surface area contributed by atoms with Crippen molar-refractivity contribution in [2.75, 3.05) is 6.61 Å². The van der Waals surface area contributed by atoms with Gasteiger partial charge in [0, 0.05) is 6.20 Å². The first-order chi connectivity index (χ1) is 9.08. The van der Waals surface area contributed by atoms with E-state index in [2.05, 4.69) is 24.1 Å². The van der Waals surface area contributed by atoms with Crippen molar-refractivity contribution >= 4 is 17.6 Å². The number of carboxylic acid groups (broad SMARTS) is 1. The van der Waals surface area contributed by atoms with Crippen molar-refractivity contribution in [1.82, 2.24) is 4.98 Å². The average molecular weight is 282 g/mol. The van der Waals surface area contributed by atoms with Crippen LogP contribution in [0.1, 0.15) is 30.1 Å². The van der Waals surface area contributed by atoms with Crippen LogP contribution in [0.4, 0.5) is 0 Å². The molecule has 1 aliphatic rings. The van der Waals surface area contributed by atoms with Gasteiger partial charge >= 0.3 is 5.97 Å². The Kier molecular flexibility index (Phi) is 4.43. The van der Waals surface area contributed by atoms with Gasteiger partial charge in [0.2, 0.25) is 5.88 Å². The van der Waals surface area contributed by atoms with Crippen LogP contribution in [-0.4, -0.2) is 22.7 Å². The Morgan fingerprint density at radius 3 is 2.89 bits per heavy atom. The number of ether oxygens (including phenoxy) is 1. The number of pyridine rings is 1. The summed E-state index contributed by atoms with van der Waals surface area (Å²) in [5, 5.41) is 9.06. The molecule has 2 rings (SSSR count). The summed E-state index contributed by atoms with van der Waals surface area (Å²) in [6.45, 7) is 2.74. The molecule has 0 radical (unpaired) electrons. The maximum absolute atomic E-state index is 10.8. The number of carboxylic acids is 1. The molecular weight excluding hydrogens is 266 g/mol. The number of aromatic carboxylic acids is 1. The third-order valence-electron chi connectivity index (χ3n) is 3.41. The van der Waals surface area contributed by atoms with Crippen LogP contribution < -0.4 is 4.74 Å². The summed E-state index contributed by atoms with van der Waals surface area (Å²) in [6, 6.07) is 1.36. The second kappa shape index (κ2) is 6.06. The van der Waals surface area contributed by atoms with E-state index in [1.165, 1.54) is 12.3 Å². The highest BCUT2D eigenvalue weighted by atomic mass is 35.5. The van der Waals surface area contributed by atoms with Crippen molar-refractivity contribution in [3.8, 4) is 5.88 Å². The quantitative estimate of drug-likeness (QED) is 0.859. The zero-order valence-corrected chi connectivity index (χ0v) is 11.4. The fourth-order valence-corrected chi connectivity index (χ4v) is 2.29. The van der Waals surface area contributed by atoms with E-state index in [1.807, 2.05) is 0 Å². The maximum atomic E-state index is 10.8. The zero-order valence-electron chi connectivity index (χ0n) is 10.7. The van der Waals surface area contributed by atoms with Crippen molar-refractivity contribution in [2.45, 2.75) is 19.8 Å². The second-order valence-electron chi connectivity index (χ2n) is 4.81. The molecule has 0 saturated heterocycles. The Morgan fingerprint density at radius 2 is 2.26 bits per heavy atom. The molecule has 0 spiro atoms. The van der Waals surface area contributed by atoms with Crippen LogP contribution in [0, 0.1) is 11.8 Å². The molecule has 1 heterocycles. The molecule has 1 aromatic heterocycles. The fourth-order valence-electron chi connectivity index (χ4n) is 2.07. The normalized spacial score (nSPS) is 22.2. The Labute approximate surface area is 117 Å². The van der Waals surface area contributed by atoms with Crippen LogP contribution in [0.5, 0.6) is 5.88 Å². The number of hydrogen-bond donors (Lipinski definition) is 1. The van der Waals surface area contributed by atoms with E-state index in [0.717, 1.165) is 12.8 Å². The molecule has 102 valence electrons. The number of carbonyl (C=O) groups is 1. The predicted molar refractivity (Wildman–Crippen MR) is 72.7 cm³/mol. The van der Waals surface area contributed by atoms with Gasteiger partial charge in [-0.15, -0.1) is 0 Å². The topological polar surface area (TPSA) is 59.4 Å². The molecule has 0 aromatic carbocycles. The minimum atomic E-state index is -1.05. The molecule has 0 saturated carbocycles. The summed E-state index contributed by atoms with van der Waals surface area (Å²) in [7, 11) is 0. The van der Waals surface area contributed by atoms with E-state index >= 15 is 0 Å². The molecule has 0 fully saturated rings. The number of nitrogens with zero attached hydrogens (tertiary/aromatic N) is 1. The molecule has 19 heavy (non-hydrogen) atoms. The SMILES string of the molecule is CC1CC=CCC1COc1ncc(C(=O)O)cc1Cl. The average Bonchev–Trinajstić information content (AvgIpc) is 2.39. The van der Waals surface area contributed by atoms with Crippen molar-refractivity contribution in [3.05, 3.63) is 35.0 Å². The molecule has 2 atom stereocenters. The van der Waals surface area contributed by atoms with E-state index < -0.39 is 5.97 Å². The first-order valence-corrected chi connectivity index (χ1v) is 6.62. The molecule has 0 amide bonds. The lowest BCUT2D eigenvalue weighted by Gasteiger charge is -2.25. The van der Waals surface area contributed by atoms with Crippen LogP contribution in [0.15, 0.2) is 24.4 Å². The smallest absolute Gasteiger partial charge is 0.337 e. The molecule has 1 N–H and O–H groups in total. The number of allylic oxidation sites excluding steroid dienone is 2.